The molecule has 1 aromatic carbocycles. The van der Waals surface area contributed by atoms with E-state index in [4.69, 9.17) is 4.74 Å². The van der Waals surface area contributed by atoms with E-state index in [2.05, 4.69) is 5.32 Å². The Kier molecular flexibility index (Phi) is 4.45. The van der Waals surface area contributed by atoms with Crippen LogP contribution in [0.25, 0.3) is 0 Å². The van der Waals surface area contributed by atoms with Crippen molar-refractivity contribution in [2.45, 2.75) is 6.10 Å². The van der Waals surface area contributed by atoms with E-state index in [9.17, 15) is 8.78 Å². The Balaban J connectivity index is 0.00000112. The molecule has 1 aromatic rings. The molecule has 0 aromatic heterocycles. The van der Waals surface area contributed by atoms with Gasteiger partial charge in [0.05, 0.1) is 12.7 Å². The molecule has 1 aliphatic heterocycles. The minimum Gasteiger partial charge on any atom is -0.371 e. The predicted octanol–water partition coefficient (Wildman–Crippen LogP) is 2.05. The summed E-state index contributed by atoms with van der Waals surface area (Å²) in [6, 6.07) is 3.87. The Morgan fingerprint density at radius 2 is 2.07 bits per heavy atom. The number of nitrogens with one attached hydrogen (secondary N) is 1. The number of rotatable bonds is 1. The molecule has 1 fully saturated rings. The lowest BCUT2D eigenvalue weighted by atomic mass is 10.1. The highest BCUT2D eigenvalue weighted by molar-refractivity contribution is 5.85. The summed E-state index contributed by atoms with van der Waals surface area (Å²) in [7, 11) is 0. The maximum atomic E-state index is 12.9. The van der Waals surface area contributed by atoms with Crippen LogP contribution >= 0.6 is 12.4 Å². The van der Waals surface area contributed by atoms with E-state index in [0.29, 0.717) is 18.7 Å². The molecule has 2 rings (SSSR count). The van der Waals surface area contributed by atoms with Gasteiger partial charge in [0.1, 0.15) is 0 Å². The minimum atomic E-state index is -0.823. The van der Waals surface area contributed by atoms with E-state index in [1.165, 1.54) is 6.07 Å². The van der Waals surface area contributed by atoms with Gasteiger partial charge in [-0.05, 0) is 17.7 Å². The molecule has 1 N–H and O–H groups in total. The second-order valence-corrected chi connectivity index (χ2v) is 3.24. The van der Waals surface area contributed by atoms with Gasteiger partial charge in [-0.1, -0.05) is 6.07 Å². The van der Waals surface area contributed by atoms with Gasteiger partial charge in [-0.25, -0.2) is 8.78 Å². The van der Waals surface area contributed by atoms with E-state index in [-0.39, 0.29) is 18.5 Å². The molecule has 1 atom stereocenters. The molecule has 0 spiro atoms. The summed E-state index contributed by atoms with van der Waals surface area (Å²) in [4.78, 5) is 0. The van der Waals surface area contributed by atoms with Gasteiger partial charge in [0.25, 0.3) is 0 Å². The van der Waals surface area contributed by atoms with Crippen molar-refractivity contribution in [2.75, 3.05) is 19.7 Å². The smallest absolute Gasteiger partial charge is 0.159 e. The van der Waals surface area contributed by atoms with E-state index in [1.807, 2.05) is 0 Å². The van der Waals surface area contributed by atoms with Crippen LogP contribution in [0.1, 0.15) is 11.7 Å². The van der Waals surface area contributed by atoms with Crippen LogP contribution in [0.3, 0.4) is 0 Å². The highest BCUT2D eigenvalue weighted by atomic mass is 35.5. The van der Waals surface area contributed by atoms with Crippen molar-refractivity contribution in [2.24, 2.45) is 0 Å². The molecule has 0 unspecified atom stereocenters. The number of hydrogen-bond acceptors (Lipinski definition) is 2. The van der Waals surface area contributed by atoms with E-state index in [0.717, 1.165) is 12.6 Å². The van der Waals surface area contributed by atoms with Crippen LogP contribution in [0.15, 0.2) is 18.2 Å². The van der Waals surface area contributed by atoms with Gasteiger partial charge < -0.3 is 10.1 Å². The number of benzene rings is 1. The van der Waals surface area contributed by atoms with Gasteiger partial charge in [0.15, 0.2) is 11.6 Å². The highest BCUT2D eigenvalue weighted by Gasteiger charge is 2.16. The molecule has 0 radical (unpaired) electrons. The fourth-order valence-corrected chi connectivity index (χ4v) is 1.49. The fraction of sp³-hybridized carbons (Fsp3) is 0.400. The Morgan fingerprint density at radius 3 is 2.67 bits per heavy atom. The first-order valence-corrected chi connectivity index (χ1v) is 4.54. The normalized spacial score (nSPS) is 20.8. The van der Waals surface area contributed by atoms with Crippen molar-refractivity contribution >= 4 is 12.4 Å². The van der Waals surface area contributed by atoms with E-state index < -0.39 is 11.6 Å². The van der Waals surface area contributed by atoms with Gasteiger partial charge in [-0.15, -0.1) is 12.4 Å². The predicted molar refractivity (Wildman–Crippen MR) is 55.2 cm³/mol. The minimum absolute atomic E-state index is 0. The van der Waals surface area contributed by atoms with Gasteiger partial charge in [-0.2, -0.15) is 0 Å². The Morgan fingerprint density at radius 1 is 1.27 bits per heavy atom. The van der Waals surface area contributed by atoms with Crippen LogP contribution < -0.4 is 5.32 Å². The summed E-state index contributed by atoms with van der Waals surface area (Å²) in [6.45, 7) is 2.05. The zero-order valence-corrected chi connectivity index (χ0v) is 8.82. The Bertz CT molecular complexity index is 329. The maximum absolute atomic E-state index is 12.9. The van der Waals surface area contributed by atoms with Crippen LogP contribution in [0.5, 0.6) is 0 Å². The lowest BCUT2D eigenvalue weighted by molar-refractivity contribution is 0.0274. The zero-order chi connectivity index (χ0) is 9.97. The van der Waals surface area contributed by atoms with Crippen LogP contribution in [-0.4, -0.2) is 19.7 Å². The summed E-state index contributed by atoms with van der Waals surface area (Å²) < 4.78 is 30.9. The molecule has 0 bridgehead atoms. The van der Waals surface area contributed by atoms with Crippen molar-refractivity contribution in [1.82, 2.24) is 5.32 Å². The molecule has 84 valence electrons. The molecule has 2 nitrogen and oxygen atoms in total. The van der Waals surface area contributed by atoms with Crippen LogP contribution in [0.4, 0.5) is 8.78 Å². The van der Waals surface area contributed by atoms with Crippen LogP contribution in [0, 0.1) is 11.6 Å². The van der Waals surface area contributed by atoms with Gasteiger partial charge >= 0.3 is 0 Å². The number of ether oxygens (including phenoxy) is 1. The van der Waals surface area contributed by atoms with Crippen molar-refractivity contribution in [3.8, 4) is 0 Å². The first-order chi connectivity index (χ1) is 6.77. The topological polar surface area (TPSA) is 21.3 Å². The molecule has 0 saturated carbocycles. The van der Waals surface area contributed by atoms with Crippen molar-refractivity contribution in [3.05, 3.63) is 35.4 Å². The van der Waals surface area contributed by atoms with Crippen LogP contribution in [0.2, 0.25) is 0 Å². The van der Waals surface area contributed by atoms with E-state index >= 15 is 0 Å². The molecular weight excluding hydrogens is 224 g/mol. The van der Waals surface area contributed by atoms with Crippen LogP contribution in [-0.2, 0) is 4.74 Å². The average molecular weight is 236 g/mol. The average Bonchev–Trinajstić information content (AvgIpc) is 2.23. The van der Waals surface area contributed by atoms with Gasteiger partial charge in [0, 0.05) is 13.1 Å². The van der Waals surface area contributed by atoms with Crippen molar-refractivity contribution < 1.29 is 13.5 Å². The highest BCUT2D eigenvalue weighted by Crippen LogP contribution is 2.20. The molecule has 1 aliphatic rings. The maximum Gasteiger partial charge on any atom is 0.159 e. The number of halogens is 3. The van der Waals surface area contributed by atoms with Gasteiger partial charge in [-0.3, -0.25) is 0 Å². The van der Waals surface area contributed by atoms with Crippen molar-refractivity contribution in [3.63, 3.8) is 0 Å². The SMILES string of the molecule is Cl.Fc1ccc([C@@H]2CNCCO2)cc1F. The molecule has 0 aliphatic carbocycles. The molecule has 5 heteroatoms. The van der Waals surface area contributed by atoms with Crippen molar-refractivity contribution in [1.29, 1.82) is 0 Å². The Labute approximate surface area is 93.0 Å². The third-order valence-corrected chi connectivity index (χ3v) is 2.24. The fourth-order valence-electron chi connectivity index (χ4n) is 1.49. The number of hydrogen-bond donors (Lipinski definition) is 1. The molecule has 0 amide bonds. The lowest BCUT2D eigenvalue weighted by Crippen LogP contribution is -2.33. The zero-order valence-electron chi connectivity index (χ0n) is 8.00. The first kappa shape index (κ1) is 12.4. The molecule has 1 heterocycles. The molecule has 1 saturated heterocycles. The van der Waals surface area contributed by atoms with E-state index in [1.54, 1.807) is 6.07 Å². The summed E-state index contributed by atoms with van der Waals surface area (Å²) in [5.41, 5.74) is 0.677. The third-order valence-electron chi connectivity index (χ3n) is 2.24. The summed E-state index contributed by atoms with van der Waals surface area (Å²) in [6.07, 6.45) is -0.168. The molecular formula is C10H12ClF2NO. The first-order valence-electron chi connectivity index (χ1n) is 4.54. The summed E-state index contributed by atoms with van der Waals surface area (Å²) >= 11 is 0. The lowest BCUT2D eigenvalue weighted by Gasteiger charge is -2.23. The quantitative estimate of drug-likeness (QED) is 0.805. The summed E-state index contributed by atoms with van der Waals surface area (Å²) in [5, 5.41) is 3.13. The third kappa shape index (κ3) is 2.87. The van der Waals surface area contributed by atoms with Gasteiger partial charge in [0.2, 0.25) is 0 Å². The Hall–Kier alpha value is -0.710. The monoisotopic (exact) mass is 235 g/mol. The second kappa shape index (κ2) is 5.39. The standard InChI is InChI=1S/C10H11F2NO.ClH/c11-8-2-1-7(5-9(8)12)10-6-13-3-4-14-10;/h1-2,5,10,13H,3-4,6H2;1H/t10-;/m0./s1. The largest absolute Gasteiger partial charge is 0.371 e. The second-order valence-electron chi connectivity index (χ2n) is 3.24. The summed E-state index contributed by atoms with van der Waals surface area (Å²) in [5.74, 6) is -1.64. The number of morpholine rings is 1. The molecule has 15 heavy (non-hydrogen) atoms.